The quantitative estimate of drug-likeness (QED) is 0.462. The van der Waals surface area contributed by atoms with Crippen molar-refractivity contribution in [3.8, 4) is 16.9 Å². The third-order valence-electron chi connectivity index (χ3n) is 3.66. The molecule has 128 valence electrons. The van der Waals surface area contributed by atoms with Gasteiger partial charge in [0.25, 0.3) is 0 Å². The Labute approximate surface area is 155 Å². The second kappa shape index (κ2) is 7.76. The van der Waals surface area contributed by atoms with Crippen LogP contribution in [0.5, 0.6) is 0 Å². The van der Waals surface area contributed by atoms with Crippen molar-refractivity contribution in [2.45, 2.75) is 11.8 Å². The number of hydrogen-bond donors (Lipinski definition) is 0. The molecular weight excluding hydrogens is 356 g/mol. The number of hydrogen-bond acceptors (Lipinski definition) is 4. The molecule has 0 radical (unpaired) electrons. The van der Waals surface area contributed by atoms with Gasteiger partial charge in [0.1, 0.15) is 0 Å². The van der Waals surface area contributed by atoms with Crippen LogP contribution < -0.4 is 0 Å². The Kier molecular flexibility index (Phi) is 5.46. The van der Waals surface area contributed by atoms with Crippen molar-refractivity contribution in [1.82, 2.24) is 9.78 Å². The summed E-state index contributed by atoms with van der Waals surface area (Å²) in [5.41, 5.74) is 2.69. The van der Waals surface area contributed by atoms with Gasteiger partial charge in [-0.2, -0.15) is 5.10 Å². The molecule has 0 aliphatic rings. The van der Waals surface area contributed by atoms with Crippen LogP contribution in [0.2, 0.25) is 5.02 Å². The standard InChI is InChI=1S/C19H17ClN2O2S/c1-3-24-19(23)16-12-18(13-8-10-14(25-2)11-9-13)22(21-16)17-7-5-4-6-15(17)20/h4-12H,3H2,1-2H3. The molecule has 0 fully saturated rings. The maximum atomic E-state index is 12.1. The van der Waals surface area contributed by atoms with E-state index in [-0.39, 0.29) is 5.69 Å². The fraction of sp³-hybridized carbons (Fsp3) is 0.158. The van der Waals surface area contributed by atoms with Gasteiger partial charge < -0.3 is 4.74 Å². The highest BCUT2D eigenvalue weighted by atomic mass is 35.5. The number of carbonyl (C=O) groups is 1. The fourth-order valence-electron chi connectivity index (χ4n) is 2.46. The molecule has 3 rings (SSSR count). The zero-order valence-electron chi connectivity index (χ0n) is 13.9. The Balaban J connectivity index is 2.14. The summed E-state index contributed by atoms with van der Waals surface area (Å²) < 4.78 is 6.77. The largest absolute Gasteiger partial charge is 0.461 e. The monoisotopic (exact) mass is 372 g/mol. The summed E-state index contributed by atoms with van der Waals surface area (Å²) in [7, 11) is 0. The summed E-state index contributed by atoms with van der Waals surface area (Å²) in [6.45, 7) is 2.07. The molecule has 0 unspecified atom stereocenters. The van der Waals surface area contributed by atoms with Gasteiger partial charge in [-0.25, -0.2) is 9.48 Å². The van der Waals surface area contributed by atoms with E-state index >= 15 is 0 Å². The van der Waals surface area contributed by atoms with Crippen molar-refractivity contribution in [3.05, 3.63) is 65.3 Å². The predicted octanol–water partition coefficient (Wildman–Crippen LogP) is 5.09. The van der Waals surface area contributed by atoms with Crippen LogP contribution in [-0.2, 0) is 4.74 Å². The SMILES string of the molecule is CCOC(=O)c1cc(-c2ccc(SC)cc2)n(-c2ccccc2Cl)n1. The lowest BCUT2D eigenvalue weighted by atomic mass is 10.1. The number of thioether (sulfide) groups is 1. The van der Waals surface area contributed by atoms with Gasteiger partial charge in [-0.05, 0) is 43.5 Å². The zero-order valence-corrected chi connectivity index (χ0v) is 15.5. The maximum Gasteiger partial charge on any atom is 0.358 e. The van der Waals surface area contributed by atoms with E-state index in [1.54, 1.807) is 35.5 Å². The second-order valence-corrected chi connectivity index (χ2v) is 6.51. The summed E-state index contributed by atoms with van der Waals surface area (Å²) in [6, 6.07) is 17.2. The second-order valence-electron chi connectivity index (χ2n) is 5.23. The number of esters is 1. The molecule has 0 amide bonds. The van der Waals surface area contributed by atoms with Crippen LogP contribution >= 0.6 is 23.4 Å². The molecule has 3 aromatic rings. The summed E-state index contributed by atoms with van der Waals surface area (Å²) in [5, 5.41) is 4.99. The Hall–Kier alpha value is -2.24. The Morgan fingerprint density at radius 2 is 1.92 bits per heavy atom. The van der Waals surface area contributed by atoms with Crippen LogP contribution in [0.1, 0.15) is 17.4 Å². The molecule has 2 aromatic carbocycles. The van der Waals surface area contributed by atoms with Gasteiger partial charge in [-0.1, -0.05) is 35.9 Å². The minimum atomic E-state index is -0.449. The molecule has 0 aliphatic carbocycles. The number of ether oxygens (including phenoxy) is 1. The number of benzene rings is 2. The Morgan fingerprint density at radius 3 is 2.56 bits per heavy atom. The average molecular weight is 373 g/mol. The molecule has 0 aliphatic heterocycles. The van der Waals surface area contributed by atoms with Gasteiger partial charge in [0, 0.05) is 10.5 Å². The Morgan fingerprint density at radius 1 is 1.20 bits per heavy atom. The topological polar surface area (TPSA) is 44.1 Å². The number of aromatic nitrogens is 2. The van der Waals surface area contributed by atoms with Crippen molar-refractivity contribution in [2.24, 2.45) is 0 Å². The average Bonchev–Trinajstić information content (AvgIpc) is 3.07. The maximum absolute atomic E-state index is 12.1. The van der Waals surface area contributed by atoms with Crippen molar-refractivity contribution < 1.29 is 9.53 Å². The number of carbonyl (C=O) groups excluding carboxylic acids is 1. The molecule has 0 atom stereocenters. The van der Waals surface area contributed by atoms with Crippen LogP contribution in [0.3, 0.4) is 0 Å². The number of para-hydroxylation sites is 1. The first kappa shape index (κ1) is 17.6. The minimum absolute atomic E-state index is 0.255. The van der Waals surface area contributed by atoms with Crippen LogP contribution in [0.15, 0.2) is 59.5 Å². The molecule has 4 nitrogen and oxygen atoms in total. The molecule has 6 heteroatoms. The molecule has 1 aromatic heterocycles. The lowest BCUT2D eigenvalue weighted by Crippen LogP contribution is -2.07. The molecule has 0 saturated carbocycles. The van der Waals surface area contributed by atoms with Gasteiger partial charge in [0.15, 0.2) is 5.69 Å². The Bertz CT molecular complexity index is 891. The third kappa shape index (κ3) is 3.72. The van der Waals surface area contributed by atoms with Gasteiger partial charge in [0.05, 0.1) is 23.0 Å². The fourth-order valence-corrected chi connectivity index (χ4v) is 3.08. The number of rotatable bonds is 5. The van der Waals surface area contributed by atoms with Crippen molar-refractivity contribution in [3.63, 3.8) is 0 Å². The highest BCUT2D eigenvalue weighted by Gasteiger charge is 2.18. The number of halogens is 1. The van der Waals surface area contributed by atoms with E-state index in [2.05, 4.69) is 5.10 Å². The number of nitrogens with zero attached hydrogens (tertiary/aromatic N) is 2. The summed E-state index contributed by atoms with van der Waals surface area (Å²) in [4.78, 5) is 13.3. The summed E-state index contributed by atoms with van der Waals surface area (Å²) >= 11 is 8.01. The lowest BCUT2D eigenvalue weighted by molar-refractivity contribution is 0.0519. The lowest BCUT2D eigenvalue weighted by Gasteiger charge is -2.09. The first-order valence-corrected chi connectivity index (χ1v) is 9.40. The van der Waals surface area contributed by atoms with Crippen molar-refractivity contribution in [2.75, 3.05) is 12.9 Å². The van der Waals surface area contributed by atoms with E-state index < -0.39 is 5.97 Å². The van der Waals surface area contributed by atoms with E-state index in [4.69, 9.17) is 16.3 Å². The third-order valence-corrected chi connectivity index (χ3v) is 4.72. The van der Waals surface area contributed by atoms with Gasteiger partial charge in [-0.15, -0.1) is 11.8 Å². The summed E-state index contributed by atoms with van der Waals surface area (Å²) in [6.07, 6.45) is 2.03. The van der Waals surface area contributed by atoms with E-state index in [0.717, 1.165) is 16.2 Å². The van der Waals surface area contributed by atoms with Gasteiger partial charge in [0.2, 0.25) is 0 Å². The van der Waals surface area contributed by atoms with Crippen LogP contribution in [0.25, 0.3) is 16.9 Å². The van der Waals surface area contributed by atoms with E-state index in [1.807, 2.05) is 48.7 Å². The first-order valence-electron chi connectivity index (χ1n) is 7.80. The first-order chi connectivity index (χ1) is 12.1. The van der Waals surface area contributed by atoms with Gasteiger partial charge >= 0.3 is 5.97 Å². The van der Waals surface area contributed by atoms with E-state index in [0.29, 0.717) is 17.3 Å². The molecule has 25 heavy (non-hydrogen) atoms. The van der Waals surface area contributed by atoms with Crippen LogP contribution in [0, 0.1) is 0 Å². The highest BCUT2D eigenvalue weighted by molar-refractivity contribution is 7.98. The molecule has 1 heterocycles. The predicted molar refractivity (Wildman–Crippen MR) is 102 cm³/mol. The van der Waals surface area contributed by atoms with Crippen LogP contribution in [-0.4, -0.2) is 28.6 Å². The van der Waals surface area contributed by atoms with Crippen LogP contribution in [0.4, 0.5) is 0 Å². The van der Waals surface area contributed by atoms with E-state index in [1.165, 1.54) is 0 Å². The molecule has 0 N–H and O–H groups in total. The smallest absolute Gasteiger partial charge is 0.358 e. The molecule has 0 saturated heterocycles. The van der Waals surface area contributed by atoms with E-state index in [9.17, 15) is 4.79 Å². The highest BCUT2D eigenvalue weighted by Crippen LogP contribution is 2.29. The van der Waals surface area contributed by atoms with Crippen molar-refractivity contribution in [1.29, 1.82) is 0 Å². The molecular formula is C19H17ClN2O2S. The zero-order chi connectivity index (χ0) is 17.8. The van der Waals surface area contributed by atoms with Gasteiger partial charge in [-0.3, -0.25) is 0 Å². The molecule has 0 bridgehead atoms. The molecule has 0 spiro atoms. The van der Waals surface area contributed by atoms with Crippen molar-refractivity contribution >= 4 is 29.3 Å². The minimum Gasteiger partial charge on any atom is -0.461 e. The normalized spacial score (nSPS) is 10.7. The summed E-state index contributed by atoms with van der Waals surface area (Å²) in [5.74, 6) is -0.449.